The van der Waals surface area contributed by atoms with E-state index in [0.717, 1.165) is 0 Å². The fourth-order valence-electron chi connectivity index (χ4n) is 1.89. The maximum Gasteiger partial charge on any atom is 0.326 e. The first-order valence-corrected chi connectivity index (χ1v) is 7.61. The molecule has 10 heteroatoms. The Morgan fingerprint density at radius 2 is 1.58 bits per heavy atom. The predicted molar refractivity (Wildman–Crippen MR) is 84.9 cm³/mol. The number of amides is 2. The number of rotatable bonds is 11. The summed E-state index contributed by atoms with van der Waals surface area (Å²) in [4.78, 5) is 45.9. The first-order chi connectivity index (χ1) is 11.1. The summed E-state index contributed by atoms with van der Waals surface area (Å²) in [5.41, 5.74) is 10.9. The molecule has 0 aliphatic rings. The second kappa shape index (κ2) is 10.6. The molecule has 2 amide bonds. The highest BCUT2D eigenvalue weighted by Gasteiger charge is 2.29. The molecule has 0 unspecified atom stereocenters. The second-order valence-corrected chi connectivity index (χ2v) is 5.75. The van der Waals surface area contributed by atoms with Gasteiger partial charge in [-0.05, 0) is 25.3 Å². The molecular formula is C14H26N4O6. The lowest BCUT2D eigenvalue weighted by molar-refractivity contribution is -0.143. The zero-order valence-electron chi connectivity index (χ0n) is 13.8. The summed E-state index contributed by atoms with van der Waals surface area (Å²) in [6.45, 7) is 3.56. The third kappa shape index (κ3) is 7.88. The number of carboxylic acids is 2. The van der Waals surface area contributed by atoms with Crippen molar-refractivity contribution in [1.82, 2.24) is 10.6 Å². The van der Waals surface area contributed by atoms with Crippen LogP contribution in [0.4, 0.5) is 0 Å². The van der Waals surface area contributed by atoms with Gasteiger partial charge in [0.1, 0.15) is 12.1 Å². The van der Waals surface area contributed by atoms with Crippen LogP contribution < -0.4 is 22.1 Å². The van der Waals surface area contributed by atoms with E-state index in [1.54, 1.807) is 13.8 Å². The molecule has 0 spiro atoms. The third-order valence-electron chi connectivity index (χ3n) is 3.32. The van der Waals surface area contributed by atoms with E-state index in [1.165, 1.54) is 0 Å². The molecule has 8 N–H and O–H groups in total. The number of carboxylic acid groups (broad SMARTS) is 2. The number of hydrogen-bond donors (Lipinski definition) is 6. The number of nitrogens with one attached hydrogen (secondary N) is 2. The Morgan fingerprint density at radius 3 is 2.00 bits per heavy atom. The molecule has 10 nitrogen and oxygen atoms in total. The number of carbonyl (C=O) groups is 4. The van der Waals surface area contributed by atoms with Crippen molar-refractivity contribution in [3.05, 3.63) is 0 Å². The number of nitrogens with two attached hydrogens (primary N) is 2. The lowest BCUT2D eigenvalue weighted by Crippen LogP contribution is -2.56. The van der Waals surface area contributed by atoms with Crippen LogP contribution >= 0.6 is 0 Å². The standard InChI is InChI=1S/C14H26N4O6/c1-7(2)11(18-12(21)8(16)5-6-15)13(22)17-9(14(23)24)3-4-10(19)20/h7-9,11H,3-6,15-16H2,1-2H3,(H,17,22)(H,18,21)(H,19,20)(H,23,24)/t8-,9-,11-/m0/s1. The number of aliphatic carboxylic acids is 2. The molecule has 0 aliphatic heterocycles. The lowest BCUT2D eigenvalue weighted by Gasteiger charge is -2.25. The minimum absolute atomic E-state index is 0.212. The Hall–Kier alpha value is -2.20. The average molecular weight is 346 g/mol. The SMILES string of the molecule is CC(C)[C@H](NC(=O)[C@@H](N)CCN)C(=O)N[C@@H](CCC(=O)O)C(=O)O. The monoisotopic (exact) mass is 346 g/mol. The van der Waals surface area contributed by atoms with Crippen molar-refractivity contribution in [2.24, 2.45) is 17.4 Å². The van der Waals surface area contributed by atoms with Crippen molar-refractivity contribution >= 4 is 23.8 Å². The topological polar surface area (TPSA) is 185 Å². The van der Waals surface area contributed by atoms with E-state index in [2.05, 4.69) is 10.6 Å². The quantitative estimate of drug-likeness (QED) is 0.254. The predicted octanol–water partition coefficient (Wildman–Crippen LogP) is -1.76. The van der Waals surface area contributed by atoms with Crippen LogP contribution in [0.1, 0.15) is 33.1 Å². The zero-order valence-corrected chi connectivity index (χ0v) is 13.8. The van der Waals surface area contributed by atoms with E-state index in [-0.39, 0.29) is 25.3 Å². The van der Waals surface area contributed by atoms with Crippen molar-refractivity contribution in [2.75, 3.05) is 6.54 Å². The summed E-state index contributed by atoms with van der Waals surface area (Å²) in [7, 11) is 0. The van der Waals surface area contributed by atoms with Crippen LogP contribution in [0.3, 0.4) is 0 Å². The van der Waals surface area contributed by atoms with E-state index in [4.69, 9.17) is 21.7 Å². The van der Waals surface area contributed by atoms with Gasteiger partial charge in [-0.3, -0.25) is 14.4 Å². The molecule has 138 valence electrons. The minimum atomic E-state index is -1.36. The zero-order chi connectivity index (χ0) is 18.9. The molecule has 0 aromatic carbocycles. The fraction of sp³-hybridized carbons (Fsp3) is 0.714. The smallest absolute Gasteiger partial charge is 0.326 e. The number of hydrogen-bond acceptors (Lipinski definition) is 6. The van der Waals surface area contributed by atoms with Crippen molar-refractivity contribution in [3.8, 4) is 0 Å². The molecule has 0 saturated heterocycles. The van der Waals surface area contributed by atoms with E-state index in [0.29, 0.717) is 0 Å². The van der Waals surface area contributed by atoms with Gasteiger partial charge in [-0.2, -0.15) is 0 Å². The third-order valence-corrected chi connectivity index (χ3v) is 3.32. The Labute approximate surface area is 139 Å². The van der Waals surface area contributed by atoms with Gasteiger partial charge in [0.25, 0.3) is 0 Å². The van der Waals surface area contributed by atoms with Gasteiger partial charge in [-0.1, -0.05) is 13.8 Å². The molecule has 0 saturated carbocycles. The van der Waals surface area contributed by atoms with Crippen molar-refractivity contribution < 1.29 is 29.4 Å². The highest BCUT2D eigenvalue weighted by Crippen LogP contribution is 2.05. The molecule has 0 aromatic rings. The summed E-state index contributed by atoms with van der Waals surface area (Å²) in [6, 6.07) is -3.22. The average Bonchev–Trinajstić information content (AvgIpc) is 2.47. The van der Waals surface area contributed by atoms with Crippen LogP contribution in [0, 0.1) is 5.92 Å². The van der Waals surface area contributed by atoms with E-state index in [9.17, 15) is 19.2 Å². The molecule has 0 heterocycles. The van der Waals surface area contributed by atoms with Crippen LogP contribution in [-0.2, 0) is 19.2 Å². The van der Waals surface area contributed by atoms with Crippen LogP contribution in [-0.4, -0.2) is 58.6 Å². The summed E-state index contributed by atoms with van der Waals surface area (Å²) in [5, 5.41) is 22.4. The fourth-order valence-corrected chi connectivity index (χ4v) is 1.89. The van der Waals surface area contributed by atoms with E-state index < -0.39 is 48.3 Å². The van der Waals surface area contributed by atoms with Gasteiger partial charge in [-0.25, -0.2) is 4.79 Å². The first-order valence-electron chi connectivity index (χ1n) is 7.61. The maximum absolute atomic E-state index is 12.3. The van der Waals surface area contributed by atoms with Gasteiger partial charge >= 0.3 is 11.9 Å². The molecule has 0 aliphatic carbocycles. The minimum Gasteiger partial charge on any atom is -0.481 e. The summed E-state index contributed by atoms with van der Waals surface area (Å²) < 4.78 is 0. The van der Waals surface area contributed by atoms with Gasteiger partial charge in [0.05, 0.1) is 6.04 Å². The molecule has 3 atom stereocenters. The summed E-state index contributed by atoms with van der Waals surface area (Å²) >= 11 is 0. The van der Waals surface area contributed by atoms with Gasteiger partial charge in [0, 0.05) is 6.42 Å². The van der Waals surface area contributed by atoms with Crippen molar-refractivity contribution in [1.29, 1.82) is 0 Å². The van der Waals surface area contributed by atoms with Crippen LogP contribution in [0.25, 0.3) is 0 Å². The van der Waals surface area contributed by atoms with E-state index in [1.807, 2.05) is 0 Å². The van der Waals surface area contributed by atoms with Gasteiger partial charge in [0.2, 0.25) is 11.8 Å². The molecule has 0 rings (SSSR count). The number of carbonyl (C=O) groups excluding carboxylic acids is 2. The van der Waals surface area contributed by atoms with Gasteiger partial charge < -0.3 is 32.3 Å². The Bertz CT molecular complexity index is 468. The van der Waals surface area contributed by atoms with Crippen LogP contribution in [0.5, 0.6) is 0 Å². The molecule has 0 bridgehead atoms. The molecular weight excluding hydrogens is 320 g/mol. The molecule has 0 radical (unpaired) electrons. The largest absolute Gasteiger partial charge is 0.481 e. The Morgan fingerprint density at radius 1 is 1.00 bits per heavy atom. The lowest BCUT2D eigenvalue weighted by atomic mass is 10.0. The van der Waals surface area contributed by atoms with E-state index >= 15 is 0 Å². The van der Waals surface area contributed by atoms with Gasteiger partial charge in [0.15, 0.2) is 0 Å². The second-order valence-electron chi connectivity index (χ2n) is 5.75. The Kier molecular flexibility index (Phi) is 9.58. The maximum atomic E-state index is 12.3. The van der Waals surface area contributed by atoms with Crippen LogP contribution in [0.2, 0.25) is 0 Å². The van der Waals surface area contributed by atoms with Crippen molar-refractivity contribution in [2.45, 2.75) is 51.2 Å². The first kappa shape index (κ1) is 21.8. The van der Waals surface area contributed by atoms with Crippen molar-refractivity contribution in [3.63, 3.8) is 0 Å². The molecule has 0 aromatic heterocycles. The Balaban J connectivity index is 4.91. The molecule has 24 heavy (non-hydrogen) atoms. The normalized spacial score (nSPS) is 14.5. The highest BCUT2D eigenvalue weighted by molar-refractivity contribution is 5.92. The van der Waals surface area contributed by atoms with Crippen LogP contribution in [0.15, 0.2) is 0 Å². The molecule has 0 fully saturated rings. The highest BCUT2D eigenvalue weighted by atomic mass is 16.4. The van der Waals surface area contributed by atoms with Gasteiger partial charge in [-0.15, -0.1) is 0 Å². The summed E-state index contributed by atoms with van der Waals surface area (Å²) in [6.07, 6.45) is -0.423. The summed E-state index contributed by atoms with van der Waals surface area (Å²) in [5.74, 6) is -4.12.